The van der Waals surface area contributed by atoms with Crippen molar-refractivity contribution in [3.05, 3.63) is 45.6 Å². The summed E-state index contributed by atoms with van der Waals surface area (Å²) in [4.78, 5) is 32.0. The molecule has 2 aliphatic rings. The average Bonchev–Trinajstić information content (AvgIpc) is 3.34. The maximum atomic E-state index is 14.0. The van der Waals surface area contributed by atoms with Crippen molar-refractivity contribution >= 4 is 23.2 Å². The molecule has 2 heterocycles. The van der Waals surface area contributed by atoms with Crippen molar-refractivity contribution < 1.29 is 19.1 Å². The van der Waals surface area contributed by atoms with Gasteiger partial charge in [0.25, 0.3) is 5.91 Å². The van der Waals surface area contributed by atoms with Gasteiger partial charge in [0.05, 0.1) is 26.2 Å². The molecule has 1 aliphatic heterocycles. The van der Waals surface area contributed by atoms with E-state index in [0.717, 1.165) is 30.6 Å². The van der Waals surface area contributed by atoms with Gasteiger partial charge in [-0.15, -0.1) is 11.3 Å². The monoisotopic (exact) mass is 442 g/mol. The first-order valence-corrected chi connectivity index (χ1v) is 11.7. The van der Waals surface area contributed by atoms with Gasteiger partial charge in [-0.25, -0.2) is 0 Å². The molecule has 0 unspecified atom stereocenters. The maximum Gasteiger partial charge on any atom is 0.254 e. The number of amides is 2. The second kappa shape index (κ2) is 8.91. The molecule has 6 nitrogen and oxygen atoms in total. The number of likely N-dealkylation sites (N-methyl/N-ethyl adjacent to an activating group) is 2. The molecule has 1 aliphatic carbocycles. The Kier molecular flexibility index (Phi) is 6.23. The van der Waals surface area contributed by atoms with Crippen molar-refractivity contribution in [1.29, 1.82) is 0 Å². The summed E-state index contributed by atoms with van der Waals surface area (Å²) in [6.45, 7) is 0. The van der Waals surface area contributed by atoms with E-state index < -0.39 is 5.92 Å². The Morgan fingerprint density at radius 2 is 1.81 bits per heavy atom. The van der Waals surface area contributed by atoms with Gasteiger partial charge in [0.1, 0.15) is 0 Å². The molecule has 1 saturated carbocycles. The third-order valence-electron chi connectivity index (χ3n) is 6.75. The van der Waals surface area contributed by atoms with Crippen LogP contribution < -0.4 is 9.47 Å². The standard InChI is InChI=1S/C24H30N2O4S/c1-25(15-9-6-5-7-10-15)24(28)21-16-13-18(29-3)19(30-4)14-17(16)23(27)26(2)22(21)20-11-8-12-31-20/h8,11-15,21-22H,5-7,9-10H2,1-4H3/t21-,22+/m0/s1. The number of ether oxygens (including phenoxy) is 2. The largest absolute Gasteiger partial charge is 0.493 e. The van der Waals surface area contributed by atoms with Gasteiger partial charge in [-0.05, 0) is 42.0 Å². The minimum atomic E-state index is -0.497. The van der Waals surface area contributed by atoms with Gasteiger partial charge in [-0.3, -0.25) is 9.59 Å². The summed E-state index contributed by atoms with van der Waals surface area (Å²) < 4.78 is 11.0. The van der Waals surface area contributed by atoms with Crippen LogP contribution >= 0.6 is 11.3 Å². The highest BCUT2D eigenvalue weighted by Gasteiger charge is 2.45. The number of thiophene rings is 1. The van der Waals surface area contributed by atoms with E-state index in [9.17, 15) is 9.59 Å². The lowest BCUT2D eigenvalue weighted by Crippen LogP contribution is -2.48. The lowest BCUT2D eigenvalue weighted by molar-refractivity contribution is -0.135. The number of nitrogens with zero attached hydrogens (tertiary/aromatic N) is 2. The van der Waals surface area contributed by atoms with E-state index in [0.29, 0.717) is 22.6 Å². The fraction of sp³-hybridized carbons (Fsp3) is 0.500. The van der Waals surface area contributed by atoms with E-state index in [1.165, 1.54) is 6.42 Å². The topological polar surface area (TPSA) is 59.1 Å². The molecule has 0 saturated heterocycles. The molecular weight excluding hydrogens is 412 g/mol. The van der Waals surface area contributed by atoms with Crippen LogP contribution in [0.2, 0.25) is 0 Å². The van der Waals surface area contributed by atoms with E-state index in [1.54, 1.807) is 43.6 Å². The van der Waals surface area contributed by atoms with E-state index in [-0.39, 0.29) is 23.9 Å². The second-order valence-corrected chi connectivity index (χ2v) is 9.37. The van der Waals surface area contributed by atoms with Crippen LogP contribution in [0, 0.1) is 0 Å². The SMILES string of the molecule is COc1cc2c(cc1OC)[C@H](C(=O)N(C)C1CCCCC1)[C@@H](c1cccs1)N(C)C2=O. The molecule has 4 rings (SSSR count). The van der Waals surface area contributed by atoms with E-state index in [1.807, 2.05) is 35.5 Å². The summed E-state index contributed by atoms with van der Waals surface area (Å²) in [7, 11) is 6.83. The van der Waals surface area contributed by atoms with Gasteiger partial charge in [0, 0.05) is 30.6 Å². The maximum absolute atomic E-state index is 14.0. The molecule has 0 spiro atoms. The van der Waals surface area contributed by atoms with Crippen molar-refractivity contribution in [3.63, 3.8) is 0 Å². The number of carbonyl (C=O) groups is 2. The predicted molar refractivity (Wildman–Crippen MR) is 121 cm³/mol. The Morgan fingerprint density at radius 1 is 1.13 bits per heavy atom. The number of rotatable bonds is 5. The van der Waals surface area contributed by atoms with Gasteiger partial charge in [-0.2, -0.15) is 0 Å². The average molecular weight is 443 g/mol. The first-order valence-electron chi connectivity index (χ1n) is 10.8. The van der Waals surface area contributed by atoms with Crippen LogP contribution in [0.1, 0.15) is 64.9 Å². The molecule has 0 radical (unpaired) electrons. The highest BCUT2D eigenvalue weighted by atomic mass is 32.1. The van der Waals surface area contributed by atoms with Gasteiger partial charge in [0.15, 0.2) is 11.5 Å². The third kappa shape index (κ3) is 3.80. The molecule has 1 fully saturated rings. The molecule has 1 aromatic carbocycles. The van der Waals surface area contributed by atoms with Gasteiger partial charge >= 0.3 is 0 Å². The molecule has 2 amide bonds. The molecule has 7 heteroatoms. The van der Waals surface area contributed by atoms with Crippen LogP contribution in [0.3, 0.4) is 0 Å². The smallest absolute Gasteiger partial charge is 0.254 e. The zero-order valence-corrected chi connectivity index (χ0v) is 19.4. The van der Waals surface area contributed by atoms with Crippen molar-refractivity contribution in [1.82, 2.24) is 9.80 Å². The fourth-order valence-electron chi connectivity index (χ4n) is 5.00. The number of methoxy groups -OCH3 is 2. The molecule has 0 N–H and O–H groups in total. The van der Waals surface area contributed by atoms with Crippen LogP contribution in [0.4, 0.5) is 0 Å². The second-order valence-electron chi connectivity index (χ2n) is 8.39. The molecule has 2 aromatic rings. The minimum Gasteiger partial charge on any atom is -0.493 e. The normalized spacial score (nSPS) is 21.5. The highest BCUT2D eigenvalue weighted by Crippen LogP contribution is 2.47. The van der Waals surface area contributed by atoms with E-state index >= 15 is 0 Å². The Morgan fingerprint density at radius 3 is 2.42 bits per heavy atom. The summed E-state index contributed by atoms with van der Waals surface area (Å²) in [5.41, 5.74) is 1.22. The van der Waals surface area contributed by atoms with Crippen LogP contribution in [0.15, 0.2) is 29.6 Å². The first kappa shape index (κ1) is 21.7. The molecule has 31 heavy (non-hydrogen) atoms. The Labute approximate surface area is 187 Å². The first-order chi connectivity index (χ1) is 15.0. The fourth-order valence-corrected chi connectivity index (χ4v) is 5.90. The Balaban J connectivity index is 1.84. The van der Waals surface area contributed by atoms with E-state index in [2.05, 4.69) is 0 Å². The summed E-state index contributed by atoms with van der Waals surface area (Å²) in [6.07, 6.45) is 5.61. The Bertz CT molecular complexity index is 953. The van der Waals surface area contributed by atoms with Crippen molar-refractivity contribution in [3.8, 4) is 11.5 Å². The zero-order chi connectivity index (χ0) is 22.1. The minimum absolute atomic E-state index is 0.0538. The van der Waals surface area contributed by atoms with Crippen molar-refractivity contribution in [2.45, 2.75) is 50.1 Å². The van der Waals surface area contributed by atoms with Crippen LogP contribution in [0.25, 0.3) is 0 Å². The molecular formula is C24H30N2O4S. The third-order valence-corrected chi connectivity index (χ3v) is 7.69. The predicted octanol–water partition coefficient (Wildman–Crippen LogP) is 4.47. The molecule has 166 valence electrons. The van der Waals surface area contributed by atoms with Gasteiger partial charge in [-0.1, -0.05) is 25.3 Å². The van der Waals surface area contributed by atoms with Crippen LogP contribution in [-0.4, -0.2) is 56.0 Å². The number of hydrogen-bond donors (Lipinski definition) is 0. The number of carbonyl (C=O) groups excluding carboxylic acids is 2. The molecule has 0 bridgehead atoms. The van der Waals surface area contributed by atoms with Crippen LogP contribution in [-0.2, 0) is 4.79 Å². The van der Waals surface area contributed by atoms with Crippen LogP contribution in [0.5, 0.6) is 11.5 Å². The summed E-state index contributed by atoms with van der Waals surface area (Å²) in [5, 5.41) is 1.99. The number of benzene rings is 1. The lowest BCUT2D eigenvalue weighted by atomic mass is 9.80. The summed E-state index contributed by atoms with van der Waals surface area (Å²) >= 11 is 1.58. The van der Waals surface area contributed by atoms with Crippen molar-refractivity contribution in [2.75, 3.05) is 28.3 Å². The lowest BCUT2D eigenvalue weighted by Gasteiger charge is -2.42. The summed E-state index contributed by atoms with van der Waals surface area (Å²) in [6, 6.07) is 7.39. The molecule has 1 aromatic heterocycles. The Hall–Kier alpha value is -2.54. The quantitative estimate of drug-likeness (QED) is 0.686. The van der Waals surface area contributed by atoms with Gasteiger partial charge < -0.3 is 19.3 Å². The highest BCUT2D eigenvalue weighted by molar-refractivity contribution is 7.10. The van der Waals surface area contributed by atoms with E-state index in [4.69, 9.17) is 9.47 Å². The van der Waals surface area contributed by atoms with Crippen molar-refractivity contribution in [2.24, 2.45) is 0 Å². The molecule has 2 atom stereocenters. The van der Waals surface area contributed by atoms with Gasteiger partial charge in [0.2, 0.25) is 5.91 Å². The number of hydrogen-bond acceptors (Lipinski definition) is 5. The summed E-state index contributed by atoms with van der Waals surface area (Å²) in [5.74, 6) is 0.464. The number of fused-ring (bicyclic) bond motifs is 1. The zero-order valence-electron chi connectivity index (χ0n) is 18.6.